The first kappa shape index (κ1) is 23.0. The van der Waals surface area contributed by atoms with Crippen molar-refractivity contribution in [1.82, 2.24) is 5.32 Å². The molecule has 0 aromatic heterocycles. The second-order valence-corrected chi connectivity index (χ2v) is 5.75. The second-order valence-electron chi connectivity index (χ2n) is 5.75. The van der Waals surface area contributed by atoms with E-state index in [2.05, 4.69) is 4.74 Å². The number of carbonyl (C=O) groups is 2. The van der Waals surface area contributed by atoms with Crippen molar-refractivity contribution in [3.8, 4) is 0 Å². The van der Waals surface area contributed by atoms with Crippen molar-refractivity contribution in [2.75, 3.05) is 11.9 Å². The molecule has 2 aromatic carbocycles. The minimum absolute atomic E-state index is 0.297. The maximum absolute atomic E-state index is 14.0. The molecule has 0 radical (unpaired) electrons. The van der Waals surface area contributed by atoms with Crippen LogP contribution in [0.4, 0.5) is 36.4 Å². The van der Waals surface area contributed by atoms with Gasteiger partial charge in [0.15, 0.2) is 17.5 Å². The number of hydrogen-bond acceptors (Lipinski definition) is 4. The third-order valence-electron chi connectivity index (χ3n) is 3.78. The molecule has 2 N–H and O–H groups in total. The first-order chi connectivity index (χ1) is 13.9. The highest BCUT2D eigenvalue weighted by Gasteiger charge is 2.64. The van der Waals surface area contributed by atoms with Crippen LogP contribution in [0, 0.1) is 23.3 Å². The third-order valence-corrected chi connectivity index (χ3v) is 3.78. The number of nitrogens with one attached hydrogen (secondary N) is 2. The Labute approximate surface area is 164 Å². The van der Waals surface area contributed by atoms with E-state index in [0.29, 0.717) is 12.1 Å². The van der Waals surface area contributed by atoms with Crippen LogP contribution in [0.25, 0.3) is 0 Å². The summed E-state index contributed by atoms with van der Waals surface area (Å²) in [5, 5.41) is 2.59. The molecule has 1 amide bonds. The van der Waals surface area contributed by atoms with Crippen molar-refractivity contribution in [3.05, 3.63) is 65.2 Å². The number of ether oxygens (including phenoxy) is 1. The van der Waals surface area contributed by atoms with Crippen LogP contribution >= 0.6 is 0 Å². The van der Waals surface area contributed by atoms with Crippen LogP contribution in [0.5, 0.6) is 0 Å². The molecule has 0 saturated heterocycles. The first-order valence-electron chi connectivity index (χ1n) is 8.17. The number of rotatable bonds is 6. The van der Waals surface area contributed by atoms with Crippen molar-refractivity contribution in [2.45, 2.75) is 18.8 Å². The number of amides is 1. The molecular weight excluding hydrogens is 425 g/mol. The van der Waals surface area contributed by atoms with E-state index in [-0.39, 0.29) is 0 Å². The Morgan fingerprint density at radius 1 is 0.933 bits per heavy atom. The van der Waals surface area contributed by atoms with E-state index in [1.807, 2.05) is 0 Å². The van der Waals surface area contributed by atoms with Crippen molar-refractivity contribution < 1.29 is 45.1 Å². The van der Waals surface area contributed by atoms with Gasteiger partial charge in [-0.25, -0.2) is 22.4 Å². The average Bonchev–Trinajstić information content (AvgIpc) is 2.67. The maximum Gasteiger partial charge on any atom is 0.441 e. The second kappa shape index (κ2) is 8.59. The van der Waals surface area contributed by atoms with Crippen LogP contribution in [0.3, 0.4) is 0 Å². The smallest absolute Gasteiger partial charge is 0.441 e. The Morgan fingerprint density at radius 2 is 1.57 bits per heavy atom. The van der Waals surface area contributed by atoms with Gasteiger partial charge >= 0.3 is 17.8 Å². The van der Waals surface area contributed by atoms with E-state index >= 15 is 0 Å². The van der Waals surface area contributed by atoms with Crippen LogP contribution in [0.1, 0.15) is 17.3 Å². The van der Waals surface area contributed by atoms with Gasteiger partial charge in [-0.1, -0.05) is 12.1 Å². The molecule has 2 rings (SSSR count). The maximum atomic E-state index is 14.0. The van der Waals surface area contributed by atoms with Crippen LogP contribution in [-0.2, 0) is 9.53 Å². The Hall–Kier alpha value is -3.31. The van der Waals surface area contributed by atoms with Gasteiger partial charge in [0.1, 0.15) is 5.82 Å². The Morgan fingerprint density at radius 3 is 2.13 bits per heavy atom. The molecule has 0 heterocycles. The summed E-state index contributed by atoms with van der Waals surface area (Å²) in [7, 11) is 0. The lowest BCUT2D eigenvalue weighted by Crippen LogP contribution is -2.69. The molecule has 0 aliphatic rings. The summed E-state index contributed by atoms with van der Waals surface area (Å²) in [4.78, 5) is 24.5. The third kappa shape index (κ3) is 4.31. The van der Waals surface area contributed by atoms with Crippen LogP contribution in [0.15, 0.2) is 36.4 Å². The van der Waals surface area contributed by atoms with Crippen LogP contribution in [-0.4, -0.2) is 30.3 Å². The van der Waals surface area contributed by atoms with E-state index < -0.39 is 64.8 Å². The molecule has 0 aliphatic carbocycles. The fourth-order valence-corrected chi connectivity index (χ4v) is 2.34. The number of carbonyl (C=O) groups excluding carboxylic acids is 2. The Balaban J connectivity index is 2.62. The molecule has 0 bridgehead atoms. The summed E-state index contributed by atoms with van der Waals surface area (Å²) >= 11 is 0. The average molecular weight is 438 g/mol. The quantitative estimate of drug-likeness (QED) is 0.311. The van der Waals surface area contributed by atoms with Crippen molar-refractivity contribution in [3.63, 3.8) is 0 Å². The van der Waals surface area contributed by atoms with Gasteiger partial charge in [0, 0.05) is 0 Å². The minimum Gasteiger partial charge on any atom is -0.463 e. The Bertz CT molecular complexity index is 965. The van der Waals surface area contributed by atoms with Gasteiger partial charge < -0.3 is 15.4 Å². The monoisotopic (exact) mass is 438 g/mol. The summed E-state index contributed by atoms with van der Waals surface area (Å²) in [6.45, 7) is 0.560. The zero-order valence-corrected chi connectivity index (χ0v) is 15.0. The number of benzene rings is 2. The molecule has 0 fully saturated rings. The Kier molecular flexibility index (Phi) is 6.58. The molecule has 2 aromatic rings. The van der Waals surface area contributed by atoms with Crippen molar-refractivity contribution in [2.24, 2.45) is 0 Å². The SMILES string of the molecule is CCOC(=O)[C@@](NC(=O)c1ccccc1F)(Nc1ccc(F)c(F)c1F)C(F)(F)F. The standard InChI is InChI=1S/C18H13F7N2O3/c1-2-30-16(29)17(18(23,24)25,26-12-8-7-11(20)13(21)14(12)22)27-15(28)9-5-3-4-6-10(9)19/h3-8,26H,2H2,1H3,(H,27,28)/t17-/m0/s1. The lowest BCUT2D eigenvalue weighted by molar-refractivity contribution is -0.204. The fraction of sp³-hybridized carbons (Fsp3) is 0.222. The molecule has 0 saturated carbocycles. The summed E-state index contributed by atoms with van der Waals surface area (Å²) in [6.07, 6.45) is -5.70. The molecule has 0 spiro atoms. The van der Waals surface area contributed by atoms with Crippen LogP contribution < -0.4 is 10.6 Å². The normalized spacial score (nSPS) is 13.3. The number of alkyl halides is 3. The molecule has 30 heavy (non-hydrogen) atoms. The minimum atomic E-state index is -5.70. The fourth-order valence-electron chi connectivity index (χ4n) is 2.34. The van der Waals surface area contributed by atoms with E-state index in [9.17, 15) is 40.3 Å². The molecule has 5 nitrogen and oxygen atoms in total. The van der Waals surface area contributed by atoms with Gasteiger partial charge in [0.25, 0.3) is 5.91 Å². The zero-order chi connectivity index (χ0) is 22.7. The van der Waals surface area contributed by atoms with E-state index in [0.717, 1.165) is 31.2 Å². The zero-order valence-electron chi connectivity index (χ0n) is 15.0. The molecule has 0 aliphatic heterocycles. The van der Waals surface area contributed by atoms with Crippen molar-refractivity contribution >= 4 is 17.6 Å². The van der Waals surface area contributed by atoms with Gasteiger partial charge in [-0.05, 0) is 31.2 Å². The molecule has 1 atom stereocenters. The number of hydrogen-bond donors (Lipinski definition) is 2. The number of halogens is 7. The van der Waals surface area contributed by atoms with Gasteiger partial charge in [-0.2, -0.15) is 13.2 Å². The summed E-state index contributed by atoms with van der Waals surface area (Å²) in [5.74, 6) is -11.0. The number of anilines is 1. The van der Waals surface area contributed by atoms with Crippen molar-refractivity contribution in [1.29, 1.82) is 0 Å². The lowest BCUT2D eigenvalue weighted by Gasteiger charge is -2.35. The van der Waals surface area contributed by atoms with E-state index in [1.54, 1.807) is 0 Å². The summed E-state index contributed by atoms with van der Waals surface area (Å²) in [5.41, 5.74) is -6.34. The lowest BCUT2D eigenvalue weighted by atomic mass is 10.1. The van der Waals surface area contributed by atoms with Gasteiger partial charge in [-0.15, -0.1) is 0 Å². The largest absolute Gasteiger partial charge is 0.463 e. The topological polar surface area (TPSA) is 67.4 Å². The van der Waals surface area contributed by atoms with E-state index in [4.69, 9.17) is 0 Å². The highest BCUT2D eigenvalue weighted by Crippen LogP contribution is 2.35. The molecular formula is C18H13F7N2O3. The predicted molar refractivity (Wildman–Crippen MR) is 89.2 cm³/mol. The first-order valence-corrected chi connectivity index (χ1v) is 8.17. The number of esters is 1. The highest BCUT2D eigenvalue weighted by molar-refractivity contribution is 5.99. The molecule has 0 unspecified atom stereocenters. The van der Waals surface area contributed by atoms with Gasteiger partial charge in [0.05, 0.1) is 17.9 Å². The van der Waals surface area contributed by atoms with Crippen LogP contribution in [0.2, 0.25) is 0 Å². The highest BCUT2D eigenvalue weighted by atomic mass is 19.4. The molecule has 162 valence electrons. The van der Waals surface area contributed by atoms with E-state index in [1.165, 1.54) is 10.6 Å². The molecule has 12 heteroatoms. The van der Waals surface area contributed by atoms with Gasteiger partial charge in [-0.3, -0.25) is 4.79 Å². The summed E-state index contributed by atoms with van der Waals surface area (Å²) in [6, 6.07) is 4.57. The van der Waals surface area contributed by atoms with Gasteiger partial charge in [0.2, 0.25) is 0 Å². The summed E-state index contributed by atoms with van der Waals surface area (Å²) < 4.78 is 101. The predicted octanol–water partition coefficient (Wildman–Crippen LogP) is 3.91.